The Morgan fingerprint density at radius 1 is 1.20 bits per heavy atom. The van der Waals surface area contributed by atoms with Gasteiger partial charge < -0.3 is 5.32 Å². The SMILES string of the molecule is CCC(CC#N)NC(c1ccccc1)C1CCCCC1. The van der Waals surface area contributed by atoms with Crippen molar-refractivity contribution < 1.29 is 0 Å². The maximum atomic E-state index is 8.97. The molecule has 0 bridgehead atoms. The highest BCUT2D eigenvalue weighted by atomic mass is 15.0. The van der Waals surface area contributed by atoms with Crippen molar-refractivity contribution in [2.75, 3.05) is 0 Å². The first-order valence-corrected chi connectivity index (χ1v) is 8.03. The normalized spacial score (nSPS) is 19.2. The molecule has 1 aliphatic rings. The van der Waals surface area contributed by atoms with E-state index in [0.717, 1.165) is 12.3 Å². The Balaban J connectivity index is 2.13. The van der Waals surface area contributed by atoms with Crippen LogP contribution in [-0.4, -0.2) is 6.04 Å². The second-order valence-electron chi connectivity index (χ2n) is 5.92. The average molecular weight is 270 g/mol. The van der Waals surface area contributed by atoms with Gasteiger partial charge in [-0.2, -0.15) is 5.26 Å². The van der Waals surface area contributed by atoms with E-state index in [1.165, 1.54) is 37.7 Å². The van der Waals surface area contributed by atoms with Crippen LogP contribution in [0.1, 0.15) is 63.5 Å². The van der Waals surface area contributed by atoms with E-state index in [9.17, 15) is 0 Å². The van der Waals surface area contributed by atoms with Gasteiger partial charge in [0, 0.05) is 12.1 Å². The van der Waals surface area contributed by atoms with E-state index in [2.05, 4.69) is 48.6 Å². The maximum Gasteiger partial charge on any atom is 0.0638 e. The Morgan fingerprint density at radius 2 is 1.90 bits per heavy atom. The van der Waals surface area contributed by atoms with Crippen molar-refractivity contribution in [1.82, 2.24) is 5.32 Å². The zero-order chi connectivity index (χ0) is 14.2. The van der Waals surface area contributed by atoms with E-state index in [1.54, 1.807) is 0 Å². The van der Waals surface area contributed by atoms with Gasteiger partial charge in [0.15, 0.2) is 0 Å². The fraction of sp³-hybridized carbons (Fsp3) is 0.611. The summed E-state index contributed by atoms with van der Waals surface area (Å²) in [6.07, 6.45) is 8.34. The van der Waals surface area contributed by atoms with Gasteiger partial charge in [0.25, 0.3) is 0 Å². The highest BCUT2D eigenvalue weighted by Gasteiger charge is 2.26. The summed E-state index contributed by atoms with van der Waals surface area (Å²) >= 11 is 0. The number of hydrogen-bond donors (Lipinski definition) is 1. The van der Waals surface area contributed by atoms with Gasteiger partial charge in [-0.3, -0.25) is 0 Å². The lowest BCUT2D eigenvalue weighted by atomic mass is 9.80. The predicted molar refractivity (Wildman–Crippen MR) is 83.2 cm³/mol. The van der Waals surface area contributed by atoms with E-state index in [4.69, 9.17) is 5.26 Å². The number of rotatable bonds is 6. The molecular formula is C18H26N2. The highest BCUT2D eigenvalue weighted by Crippen LogP contribution is 2.35. The first-order valence-electron chi connectivity index (χ1n) is 8.03. The molecule has 0 amide bonds. The molecule has 2 rings (SSSR count). The van der Waals surface area contributed by atoms with Gasteiger partial charge in [-0.05, 0) is 30.7 Å². The second-order valence-corrected chi connectivity index (χ2v) is 5.92. The third-order valence-corrected chi connectivity index (χ3v) is 4.53. The Hall–Kier alpha value is -1.33. The lowest BCUT2D eigenvalue weighted by Crippen LogP contribution is -2.37. The standard InChI is InChI=1S/C18H26N2/c1-2-17(13-14-19)20-18(15-9-5-3-6-10-15)16-11-7-4-8-12-16/h3,5-6,9-10,16-18,20H,2,4,7-8,11-13H2,1H3. The molecule has 1 aromatic carbocycles. The lowest BCUT2D eigenvalue weighted by molar-refractivity contribution is 0.251. The smallest absolute Gasteiger partial charge is 0.0638 e. The van der Waals surface area contributed by atoms with Crippen molar-refractivity contribution in [3.63, 3.8) is 0 Å². The highest BCUT2D eigenvalue weighted by molar-refractivity contribution is 5.20. The summed E-state index contributed by atoms with van der Waals surface area (Å²) in [4.78, 5) is 0. The van der Waals surface area contributed by atoms with Crippen molar-refractivity contribution >= 4 is 0 Å². The molecule has 1 aromatic rings. The van der Waals surface area contributed by atoms with E-state index >= 15 is 0 Å². The Bertz CT molecular complexity index is 415. The van der Waals surface area contributed by atoms with Gasteiger partial charge >= 0.3 is 0 Å². The monoisotopic (exact) mass is 270 g/mol. The van der Waals surface area contributed by atoms with Crippen LogP contribution in [0.3, 0.4) is 0 Å². The molecular weight excluding hydrogens is 244 g/mol. The summed E-state index contributed by atoms with van der Waals surface area (Å²) < 4.78 is 0. The van der Waals surface area contributed by atoms with E-state index < -0.39 is 0 Å². The van der Waals surface area contributed by atoms with Crippen molar-refractivity contribution in [3.05, 3.63) is 35.9 Å². The predicted octanol–water partition coefficient (Wildman–Crippen LogP) is 4.59. The third kappa shape index (κ3) is 4.08. The molecule has 0 aromatic heterocycles. The molecule has 1 saturated carbocycles. The van der Waals surface area contributed by atoms with Crippen molar-refractivity contribution in [3.8, 4) is 6.07 Å². The van der Waals surface area contributed by atoms with Crippen LogP contribution in [0.25, 0.3) is 0 Å². The molecule has 20 heavy (non-hydrogen) atoms. The van der Waals surface area contributed by atoms with Crippen LogP contribution in [0.4, 0.5) is 0 Å². The minimum Gasteiger partial charge on any atom is -0.306 e. The number of nitrogens with zero attached hydrogens (tertiary/aromatic N) is 1. The van der Waals surface area contributed by atoms with E-state index in [0.29, 0.717) is 18.5 Å². The lowest BCUT2D eigenvalue weighted by Gasteiger charge is -2.34. The van der Waals surface area contributed by atoms with Gasteiger partial charge in [0.1, 0.15) is 0 Å². The molecule has 108 valence electrons. The van der Waals surface area contributed by atoms with Crippen LogP contribution in [-0.2, 0) is 0 Å². The van der Waals surface area contributed by atoms with Crippen LogP contribution < -0.4 is 5.32 Å². The van der Waals surface area contributed by atoms with E-state index in [1.807, 2.05) is 0 Å². The summed E-state index contributed by atoms with van der Waals surface area (Å²) in [7, 11) is 0. The number of benzene rings is 1. The van der Waals surface area contributed by atoms with Gasteiger partial charge in [-0.1, -0.05) is 56.5 Å². The molecule has 0 spiro atoms. The van der Waals surface area contributed by atoms with Crippen LogP contribution in [0.15, 0.2) is 30.3 Å². The minimum absolute atomic E-state index is 0.312. The van der Waals surface area contributed by atoms with Crippen molar-refractivity contribution in [1.29, 1.82) is 5.26 Å². The fourth-order valence-corrected chi connectivity index (χ4v) is 3.32. The zero-order valence-corrected chi connectivity index (χ0v) is 12.5. The van der Waals surface area contributed by atoms with Crippen molar-refractivity contribution in [2.24, 2.45) is 5.92 Å². The second kappa shape index (κ2) is 8.07. The summed E-state index contributed by atoms with van der Waals surface area (Å²) in [5, 5.41) is 12.7. The molecule has 0 radical (unpaired) electrons. The quantitative estimate of drug-likeness (QED) is 0.820. The van der Waals surface area contributed by atoms with Gasteiger partial charge in [-0.15, -0.1) is 0 Å². The molecule has 1 aliphatic carbocycles. The molecule has 0 aliphatic heterocycles. The minimum atomic E-state index is 0.312. The summed E-state index contributed by atoms with van der Waals surface area (Å²) in [5.74, 6) is 0.721. The first kappa shape index (κ1) is 15.1. The van der Waals surface area contributed by atoms with Crippen molar-refractivity contribution in [2.45, 2.75) is 64.0 Å². The van der Waals surface area contributed by atoms with Gasteiger partial charge in [-0.25, -0.2) is 0 Å². The third-order valence-electron chi connectivity index (χ3n) is 4.53. The van der Waals surface area contributed by atoms with Crippen LogP contribution >= 0.6 is 0 Å². The summed E-state index contributed by atoms with van der Waals surface area (Å²) in [5.41, 5.74) is 1.38. The van der Waals surface area contributed by atoms with Crippen LogP contribution in [0.5, 0.6) is 0 Å². The fourth-order valence-electron chi connectivity index (χ4n) is 3.32. The molecule has 2 unspecified atom stereocenters. The molecule has 0 saturated heterocycles. The Morgan fingerprint density at radius 3 is 2.50 bits per heavy atom. The molecule has 0 heterocycles. The number of nitriles is 1. The maximum absolute atomic E-state index is 8.97. The average Bonchev–Trinajstić information content (AvgIpc) is 2.53. The molecule has 1 N–H and O–H groups in total. The Kier molecular flexibility index (Phi) is 6.08. The summed E-state index contributed by atoms with van der Waals surface area (Å²) in [6, 6.07) is 13.8. The number of hydrogen-bond acceptors (Lipinski definition) is 2. The molecule has 2 heteroatoms. The molecule has 2 nitrogen and oxygen atoms in total. The summed E-state index contributed by atoms with van der Waals surface area (Å²) in [6.45, 7) is 2.16. The molecule has 1 fully saturated rings. The van der Waals surface area contributed by atoms with E-state index in [-0.39, 0.29) is 0 Å². The topological polar surface area (TPSA) is 35.8 Å². The largest absolute Gasteiger partial charge is 0.306 e. The van der Waals surface area contributed by atoms with Crippen LogP contribution in [0.2, 0.25) is 0 Å². The molecule has 2 atom stereocenters. The van der Waals surface area contributed by atoms with Crippen LogP contribution in [0, 0.1) is 17.2 Å². The van der Waals surface area contributed by atoms with Gasteiger partial charge in [0.05, 0.1) is 12.5 Å². The van der Waals surface area contributed by atoms with Gasteiger partial charge in [0.2, 0.25) is 0 Å². The zero-order valence-electron chi connectivity index (χ0n) is 12.5. The first-order chi connectivity index (χ1) is 9.85. The Labute approximate surface area is 123 Å². The number of nitrogens with one attached hydrogen (secondary N) is 1.